The van der Waals surface area contributed by atoms with E-state index in [1.165, 1.54) is 0 Å². The molecule has 0 spiro atoms. The molecule has 1 aromatic rings. The van der Waals surface area contributed by atoms with E-state index in [0.717, 1.165) is 35.3 Å². The molecule has 1 aliphatic heterocycles. The molecule has 0 N–H and O–H groups in total. The predicted molar refractivity (Wildman–Crippen MR) is 132 cm³/mol. The second-order valence-electron chi connectivity index (χ2n) is 11.0. The van der Waals surface area contributed by atoms with Gasteiger partial charge in [-0.05, 0) is 73.9 Å². The van der Waals surface area contributed by atoms with Gasteiger partial charge in [0.15, 0.2) is 14.0 Å². The zero-order chi connectivity index (χ0) is 24.4. The molecule has 7 heteroatoms. The third kappa shape index (κ3) is 5.19. The van der Waals surface area contributed by atoms with Gasteiger partial charge in [-0.2, -0.15) is 0 Å². The zero-order valence-corrected chi connectivity index (χ0v) is 22.1. The Morgan fingerprint density at radius 3 is 2.64 bits per heavy atom. The number of imide groups is 1. The molecule has 1 saturated carbocycles. The quantitative estimate of drug-likeness (QED) is 0.302. The van der Waals surface area contributed by atoms with Gasteiger partial charge in [-0.1, -0.05) is 46.2 Å². The van der Waals surface area contributed by atoms with E-state index in [0.29, 0.717) is 31.6 Å². The average Bonchev–Trinajstić information content (AvgIpc) is 3.14. The smallest absolute Gasteiger partial charge is 0.421 e. The summed E-state index contributed by atoms with van der Waals surface area (Å²) >= 11 is 0. The van der Waals surface area contributed by atoms with Crippen LogP contribution >= 0.6 is 0 Å². The van der Waals surface area contributed by atoms with E-state index < -0.39 is 31.9 Å². The maximum absolute atomic E-state index is 15.8. The van der Waals surface area contributed by atoms with Crippen LogP contribution in [0.5, 0.6) is 0 Å². The summed E-state index contributed by atoms with van der Waals surface area (Å²) in [5, 5.41) is 0.165. The third-order valence-electron chi connectivity index (χ3n) is 7.64. The van der Waals surface area contributed by atoms with Crippen molar-refractivity contribution in [3.8, 4) is 0 Å². The summed E-state index contributed by atoms with van der Waals surface area (Å²) in [6, 6.07) is 5.78. The van der Waals surface area contributed by atoms with Crippen LogP contribution in [0, 0.1) is 0 Å². The van der Waals surface area contributed by atoms with E-state index in [9.17, 15) is 9.59 Å². The standard InChI is InChI=1S/C26H40FNO4Si/c1-7-8-16-31-24(30)28-22-18-19(11-10-17-32-33(5,6)25(2,3)4)13-14-20(22)21-12-9-15-26(21,27)23(28)29/h13-14,18,21H,7-12,15-17H2,1-6H3. The maximum Gasteiger partial charge on any atom is 0.421 e. The number of rotatable bonds is 8. The van der Waals surface area contributed by atoms with Crippen LogP contribution in [0.1, 0.15) is 83.3 Å². The van der Waals surface area contributed by atoms with Crippen LogP contribution in [0.3, 0.4) is 0 Å². The van der Waals surface area contributed by atoms with E-state index >= 15 is 4.39 Å². The predicted octanol–water partition coefficient (Wildman–Crippen LogP) is 6.90. The minimum Gasteiger partial charge on any atom is -0.449 e. The number of hydrogen-bond donors (Lipinski definition) is 0. The number of anilines is 1. The SMILES string of the molecule is CCCCOC(=O)N1C(=O)C2(F)CCCC2c2ccc(CCCO[Si](C)(C)C(C)(C)C)cc21. The number of unbranched alkanes of at least 4 members (excludes halogenated alkanes) is 1. The van der Waals surface area contributed by atoms with Crippen LogP contribution in [-0.2, 0) is 20.4 Å². The van der Waals surface area contributed by atoms with Gasteiger partial charge in [-0.3, -0.25) is 4.79 Å². The summed E-state index contributed by atoms with van der Waals surface area (Å²) in [5.41, 5.74) is 0.221. The molecule has 3 rings (SSSR count). The molecule has 0 radical (unpaired) electrons. The van der Waals surface area contributed by atoms with E-state index in [1.54, 1.807) is 0 Å². The van der Waals surface area contributed by atoms with Crippen LogP contribution < -0.4 is 4.90 Å². The Morgan fingerprint density at radius 1 is 1.24 bits per heavy atom. The van der Waals surface area contributed by atoms with Crippen LogP contribution in [0.4, 0.5) is 14.9 Å². The van der Waals surface area contributed by atoms with Gasteiger partial charge in [-0.25, -0.2) is 14.1 Å². The molecule has 1 aliphatic carbocycles. The number of halogens is 1. The van der Waals surface area contributed by atoms with Crippen molar-refractivity contribution < 1.29 is 23.1 Å². The van der Waals surface area contributed by atoms with Gasteiger partial charge < -0.3 is 9.16 Å². The Bertz CT molecular complexity index is 882. The van der Waals surface area contributed by atoms with Crippen LogP contribution in [-0.4, -0.2) is 39.2 Å². The van der Waals surface area contributed by atoms with Gasteiger partial charge >= 0.3 is 6.09 Å². The molecule has 0 bridgehead atoms. The Morgan fingerprint density at radius 2 is 1.97 bits per heavy atom. The first-order valence-corrected chi connectivity index (χ1v) is 15.3. The number of hydrogen-bond acceptors (Lipinski definition) is 4. The Hall–Kier alpha value is -1.73. The molecule has 0 aromatic heterocycles. The third-order valence-corrected chi connectivity index (χ3v) is 12.2. The summed E-state index contributed by atoms with van der Waals surface area (Å²) in [6.07, 6.45) is 3.82. The first-order chi connectivity index (χ1) is 15.4. The molecular weight excluding hydrogens is 437 g/mol. The monoisotopic (exact) mass is 477 g/mol. The molecule has 2 amide bonds. The van der Waals surface area contributed by atoms with E-state index in [1.807, 2.05) is 25.1 Å². The van der Waals surface area contributed by atoms with Gasteiger partial charge in [0.25, 0.3) is 5.91 Å². The largest absolute Gasteiger partial charge is 0.449 e. The highest BCUT2D eigenvalue weighted by atomic mass is 28.4. The second-order valence-corrected chi connectivity index (χ2v) is 15.8. The second kappa shape index (κ2) is 9.86. The zero-order valence-electron chi connectivity index (χ0n) is 21.1. The number of alkyl halides is 1. The molecule has 33 heavy (non-hydrogen) atoms. The minimum atomic E-state index is -2.02. The topological polar surface area (TPSA) is 55.8 Å². The van der Waals surface area contributed by atoms with Crippen molar-refractivity contribution in [2.24, 2.45) is 0 Å². The van der Waals surface area contributed by atoms with Crippen molar-refractivity contribution in [2.75, 3.05) is 18.1 Å². The minimum absolute atomic E-state index is 0.154. The number of carbonyl (C=O) groups excluding carboxylic acids is 2. The molecule has 2 aliphatic rings. The molecule has 1 heterocycles. The van der Waals surface area contributed by atoms with Crippen molar-refractivity contribution in [3.05, 3.63) is 29.3 Å². The summed E-state index contributed by atoms with van der Waals surface area (Å²) in [4.78, 5) is 27.0. The van der Waals surface area contributed by atoms with Crippen molar-refractivity contribution in [2.45, 2.75) is 102 Å². The fourth-order valence-electron chi connectivity index (χ4n) is 4.52. The lowest BCUT2D eigenvalue weighted by atomic mass is 9.80. The normalized spacial score (nSPS) is 22.8. The van der Waals surface area contributed by atoms with Gasteiger partial charge in [0.2, 0.25) is 0 Å². The van der Waals surface area contributed by atoms with Crippen LogP contribution in [0.25, 0.3) is 0 Å². The highest BCUT2D eigenvalue weighted by molar-refractivity contribution is 6.74. The molecule has 5 nitrogen and oxygen atoms in total. The fourth-order valence-corrected chi connectivity index (χ4v) is 5.61. The molecule has 2 atom stereocenters. The molecule has 1 fully saturated rings. The maximum atomic E-state index is 15.8. The molecule has 0 saturated heterocycles. The highest BCUT2D eigenvalue weighted by Gasteiger charge is 2.58. The van der Waals surface area contributed by atoms with E-state index in [4.69, 9.17) is 9.16 Å². The van der Waals surface area contributed by atoms with Gasteiger partial charge in [0.05, 0.1) is 12.3 Å². The summed E-state index contributed by atoms with van der Waals surface area (Å²) in [7, 11) is -1.80. The van der Waals surface area contributed by atoms with Crippen LogP contribution in [0.15, 0.2) is 18.2 Å². The molecule has 1 aromatic carbocycles. The first kappa shape index (κ1) is 25.9. The summed E-state index contributed by atoms with van der Waals surface area (Å²) in [5.74, 6) is -1.26. The Labute approximate surface area is 199 Å². The first-order valence-electron chi connectivity index (χ1n) is 12.4. The van der Waals surface area contributed by atoms with E-state index in [-0.39, 0.29) is 18.1 Å². The van der Waals surface area contributed by atoms with Gasteiger partial charge in [0.1, 0.15) is 0 Å². The number of nitrogens with zero attached hydrogens (tertiary/aromatic N) is 1. The van der Waals surface area contributed by atoms with Crippen LogP contribution in [0.2, 0.25) is 18.1 Å². The molecule has 2 unspecified atom stereocenters. The van der Waals surface area contributed by atoms with Crippen molar-refractivity contribution >= 4 is 26.0 Å². The lowest BCUT2D eigenvalue weighted by molar-refractivity contribution is -0.130. The van der Waals surface area contributed by atoms with Gasteiger partial charge in [-0.15, -0.1) is 0 Å². The Kier molecular flexibility index (Phi) is 7.74. The number of ether oxygens (including phenoxy) is 1. The average molecular weight is 478 g/mol. The fraction of sp³-hybridized carbons (Fsp3) is 0.692. The molecule has 184 valence electrons. The van der Waals surface area contributed by atoms with E-state index in [2.05, 4.69) is 33.9 Å². The molecular formula is C26H40FNO4Si. The van der Waals surface area contributed by atoms with Gasteiger partial charge in [0, 0.05) is 12.5 Å². The number of benzene rings is 1. The summed E-state index contributed by atoms with van der Waals surface area (Å²) in [6.45, 7) is 14.0. The lowest BCUT2D eigenvalue weighted by Crippen LogP contribution is -2.54. The Balaban J connectivity index is 1.79. The number of fused-ring (bicyclic) bond motifs is 3. The van der Waals surface area contributed by atoms with Crippen molar-refractivity contribution in [3.63, 3.8) is 0 Å². The number of aryl methyl sites for hydroxylation is 1. The highest BCUT2D eigenvalue weighted by Crippen LogP contribution is 2.53. The van der Waals surface area contributed by atoms with Crippen molar-refractivity contribution in [1.29, 1.82) is 0 Å². The lowest BCUT2D eigenvalue weighted by Gasteiger charge is -2.38. The number of carbonyl (C=O) groups is 2. The number of amides is 2. The summed E-state index contributed by atoms with van der Waals surface area (Å²) < 4.78 is 27.4. The van der Waals surface area contributed by atoms with Crippen molar-refractivity contribution in [1.82, 2.24) is 0 Å².